The Labute approximate surface area is 177 Å². The Balaban J connectivity index is 1.52. The topological polar surface area (TPSA) is 122 Å². The third kappa shape index (κ3) is 4.32. The molecule has 156 valence electrons. The highest BCUT2D eigenvalue weighted by molar-refractivity contribution is 6.05. The van der Waals surface area contributed by atoms with Crippen molar-refractivity contribution in [1.29, 1.82) is 0 Å². The Morgan fingerprint density at radius 1 is 1.00 bits per heavy atom. The molecule has 2 amide bonds. The zero-order valence-electron chi connectivity index (χ0n) is 16.8. The molecule has 0 aliphatic carbocycles. The summed E-state index contributed by atoms with van der Waals surface area (Å²) in [5.74, 6) is -0.445. The van der Waals surface area contributed by atoms with E-state index in [0.717, 1.165) is 11.1 Å². The molecule has 0 spiro atoms. The molecule has 0 radical (unpaired) electrons. The first kappa shape index (κ1) is 20.0. The molecule has 0 saturated heterocycles. The van der Waals surface area contributed by atoms with Gasteiger partial charge in [0.1, 0.15) is 0 Å². The largest absolute Gasteiger partial charge is 0.397 e. The summed E-state index contributed by atoms with van der Waals surface area (Å²) in [6.45, 7) is 1.77. The van der Waals surface area contributed by atoms with Gasteiger partial charge in [0.25, 0.3) is 5.91 Å². The van der Waals surface area contributed by atoms with E-state index in [0.29, 0.717) is 34.7 Å². The zero-order valence-corrected chi connectivity index (χ0v) is 16.8. The molecule has 0 aliphatic heterocycles. The standard InChI is InChI=1S/C23H21N5O3/c1-14(29)25-17-10-11-21-20(12-17)27-23(31)28(21)13-15-6-8-16(9-7-15)22(30)26-19-5-3-2-4-18(19)24/h2-12H,13,24H2,1H3,(H,25,29)(H,26,30)(H,27,31). The van der Waals surface area contributed by atoms with Gasteiger partial charge >= 0.3 is 5.69 Å². The molecule has 0 saturated carbocycles. The number of nitrogens with two attached hydrogens (primary N) is 1. The molecule has 0 aliphatic rings. The molecule has 3 aromatic carbocycles. The number of nitrogens with one attached hydrogen (secondary N) is 3. The van der Waals surface area contributed by atoms with E-state index >= 15 is 0 Å². The van der Waals surface area contributed by atoms with Crippen LogP contribution in [0.5, 0.6) is 0 Å². The molecular formula is C23H21N5O3. The van der Waals surface area contributed by atoms with Gasteiger partial charge in [0.15, 0.2) is 0 Å². The summed E-state index contributed by atoms with van der Waals surface area (Å²) in [4.78, 5) is 38.9. The number of nitrogens with zero attached hydrogens (tertiary/aromatic N) is 1. The second-order valence-electron chi connectivity index (χ2n) is 7.17. The molecule has 0 atom stereocenters. The number of amides is 2. The van der Waals surface area contributed by atoms with Gasteiger partial charge in [-0.2, -0.15) is 0 Å². The van der Waals surface area contributed by atoms with Gasteiger partial charge in [0, 0.05) is 18.2 Å². The highest BCUT2D eigenvalue weighted by Crippen LogP contribution is 2.19. The van der Waals surface area contributed by atoms with Crippen LogP contribution >= 0.6 is 0 Å². The minimum absolute atomic E-state index is 0.180. The van der Waals surface area contributed by atoms with Crippen LogP contribution in [0.1, 0.15) is 22.8 Å². The number of hydrogen-bond donors (Lipinski definition) is 4. The Hall–Kier alpha value is -4.33. The van der Waals surface area contributed by atoms with Crippen LogP contribution in [0.3, 0.4) is 0 Å². The third-order valence-corrected chi connectivity index (χ3v) is 4.86. The van der Waals surface area contributed by atoms with Gasteiger partial charge in [-0.15, -0.1) is 0 Å². The molecule has 8 nitrogen and oxygen atoms in total. The SMILES string of the molecule is CC(=O)Nc1ccc2c(c1)[nH]c(=O)n2Cc1ccc(C(=O)Nc2ccccc2N)cc1. The van der Waals surface area contributed by atoms with Gasteiger partial charge in [0.2, 0.25) is 5.91 Å². The first-order valence-electron chi connectivity index (χ1n) is 9.65. The second-order valence-corrected chi connectivity index (χ2v) is 7.17. The summed E-state index contributed by atoms with van der Waals surface area (Å²) in [7, 11) is 0. The molecule has 1 aromatic heterocycles. The minimum atomic E-state index is -0.265. The number of anilines is 3. The van der Waals surface area contributed by atoms with Crippen molar-refractivity contribution in [3.8, 4) is 0 Å². The predicted molar refractivity (Wildman–Crippen MR) is 121 cm³/mol. The number of aromatic amines is 1. The van der Waals surface area contributed by atoms with Crippen molar-refractivity contribution in [2.75, 3.05) is 16.4 Å². The van der Waals surface area contributed by atoms with Crippen molar-refractivity contribution in [2.24, 2.45) is 0 Å². The van der Waals surface area contributed by atoms with E-state index in [4.69, 9.17) is 5.73 Å². The zero-order chi connectivity index (χ0) is 22.0. The lowest BCUT2D eigenvalue weighted by atomic mass is 10.1. The number of para-hydroxylation sites is 2. The maximum absolute atomic E-state index is 12.5. The monoisotopic (exact) mass is 415 g/mol. The van der Waals surface area contributed by atoms with E-state index in [1.165, 1.54) is 6.92 Å². The molecule has 5 N–H and O–H groups in total. The molecule has 4 rings (SSSR count). The van der Waals surface area contributed by atoms with Crippen molar-refractivity contribution in [3.63, 3.8) is 0 Å². The highest BCUT2D eigenvalue weighted by atomic mass is 16.2. The van der Waals surface area contributed by atoms with Crippen LogP contribution < -0.4 is 22.1 Å². The summed E-state index contributed by atoms with van der Waals surface area (Å²) < 4.78 is 1.60. The molecule has 0 fully saturated rings. The Morgan fingerprint density at radius 3 is 2.45 bits per heavy atom. The molecular weight excluding hydrogens is 394 g/mol. The van der Waals surface area contributed by atoms with Crippen LogP contribution in [0.2, 0.25) is 0 Å². The Kier molecular flexibility index (Phi) is 5.28. The van der Waals surface area contributed by atoms with Crippen LogP contribution in [0.15, 0.2) is 71.5 Å². The predicted octanol–water partition coefficient (Wildman–Crippen LogP) is 3.17. The molecule has 1 heterocycles. The number of imidazole rings is 1. The fourth-order valence-corrected chi connectivity index (χ4v) is 3.35. The van der Waals surface area contributed by atoms with Gasteiger partial charge in [-0.25, -0.2) is 4.79 Å². The van der Waals surface area contributed by atoms with Gasteiger partial charge in [0.05, 0.1) is 29.0 Å². The normalized spacial score (nSPS) is 10.7. The average molecular weight is 415 g/mol. The lowest BCUT2D eigenvalue weighted by molar-refractivity contribution is -0.114. The van der Waals surface area contributed by atoms with Crippen LogP contribution in [0.25, 0.3) is 11.0 Å². The molecule has 0 unspecified atom stereocenters. The first-order valence-corrected chi connectivity index (χ1v) is 9.65. The van der Waals surface area contributed by atoms with Crippen molar-refractivity contribution in [1.82, 2.24) is 9.55 Å². The Bertz CT molecular complexity index is 1340. The van der Waals surface area contributed by atoms with Gasteiger partial charge < -0.3 is 21.4 Å². The van der Waals surface area contributed by atoms with E-state index < -0.39 is 0 Å². The number of carbonyl (C=O) groups excluding carboxylic acids is 2. The van der Waals surface area contributed by atoms with Gasteiger partial charge in [-0.1, -0.05) is 24.3 Å². The van der Waals surface area contributed by atoms with E-state index in [1.54, 1.807) is 71.3 Å². The number of nitrogen functional groups attached to an aromatic ring is 1. The summed E-state index contributed by atoms with van der Waals surface area (Å²) in [6.07, 6.45) is 0. The van der Waals surface area contributed by atoms with E-state index in [2.05, 4.69) is 15.6 Å². The number of H-pyrrole nitrogens is 1. The number of hydrogen-bond acceptors (Lipinski definition) is 4. The van der Waals surface area contributed by atoms with E-state index in [1.807, 2.05) is 0 Å². The number of fused-ring (bicyclic) bond motifs is 1. The average Bonchev–Trinajstić information content (AvgIpc) is 3.04. The first-order chi connectivity index (χ1) is 14.9. The van der Waals surface area contributed by atoms with Gasteiger partial charge in [-0.05, 0) is 48.0 Å². The van der Waals surface area contributed by atoms with Crippen molar-refractivity contribution in [3.05, 3.63) is 88.3 Å². The minimum Gasteiger partial charge on any atom is -0.397 e. The Morgan fingerprint density at radius 2 is 1.74 bits per heavy atom. The lowest BCUT2D eigenvalue weighted by Gasteiger charge is -2.09. The van der Waals surface area contributed by atoms with E-state index in [-0.39, 0.29) is 17.5 Å². The quantitative estimate of drug-likeness (QED) is 0.374. The maximum Gasteiger partial charge on any atom is 0.326 e. The maximum atomic E-state index is 12.5. The van der Waals surface area contributed by atoms with Crippen molar-refractivity contribution in [2.45, 2.75) is 13.5 Å². The molecule has 31 heavy (non-hydrogen) atoms. The summed E-state index contributed by atoms with van der Waals surface area (Å²) >= 11 is 0. The van der Waals surface area contributed by atoms with Crippen LogP contribution in [0.4, 0.5) is 17.1 Å². The second kappa shape index (κ2) is 8.19. The highest BCUT2D eigenvalue weighted by Gasteiger charge is 2.11. The molecule has 0 bridgehead atoms. The third-order valence-electron chi connectivity index (χ3n) is 4.86. The summed E-state index contributed by atoms with van der Waals surface area (Å²) in [6, 6.07) is 19.3. The van der Waals surface area contributed by atoms with E-state index in [9.17, 15) is 14.4 Å². The van der Waals surface area contributed by atoms with Crippen LogP contribution in [0, 0.1) is 0 Å². The molecule has 4 aromatic rings. The summed E-state index contributed by atoms with van der Waals surface area (Å²) in [5, 5.41) is 5.49. The van der Waals surface area contributed by atoms with Crippen molar-refractivity contribution >= 4 is 39.9 Å². The smallest absolute Gasteiger partial charge is 0.326 e. The molecule has 8 heteroatoms. The fourth-order valence-electron chi connectivity index (χ4n) is 3.35. The number of rotatable bonds is 5. The number of aromatic nitrogens is 2. The lowest BCUT2D eigenvalue weighted by Crippen LogP contribution is -2.17. The van der Waals surface area contributed by atoms with Gasteiger partial charge in [-0.3, -0.25) is 14.2 Å². The van der Waals surface area contributed by atoms with Crippen molar-refractivity contribution < 1.29 is 9.59 Å². The fraction of sp³-hybridized carbons (Fsp3) is 0.0870. The number of benzene rings is 3. The number of carbonyl (C=O) groups is 2. The summed E-state index contributed by atoms with van der Waals surface area (Å²) in [5.41, 5.74) is 9.98. The van der Waals surface area contributed by atoms with Crippen LogP contribution in [-0.2, 0) is 11.3 Å². The van der Waals surface area contributed by atoms with Crippen LogP contribution in [-0.4, -0.2) is 21.4 Å².